The van der Waals surface area contributed by atoms with Crippen LogP contribution in [-0.4, -0.2) is 13.2 Å². The zero-order valence-corrected chi connectivity index (χ0v) is 13.7. The average molecular weight is 323 g/mol. The number of rotatable bonds is 4. The Morgan fingerprint density at radius 2 is 1.96 bits per heavy atom. The second-order valence-electron chi connectivity index (χ2n) is 5.81. The Kier molecular flexibility index (Phi) is 5.16. The molecule has 0 saturated heterocycles. The monoisotopic (exact) mass is 323 g/mol. The zero-order chi connectivity index (χ0) is 16.8. The number of benzene rings is 2. The number of methoxy groups -OCH3 is 1. The molecule has 0 bridgehead atoms. The smallest absolute Gasteiger partial charge is 0.412 e. The van der Waals surface area contributed by atoms with Crippen molar-refractivity contribution >= 4 is 6.09 Å². The van der Waals surface area contributed by atoms with Gasteiger partial charge in [0, 0.05) is 18.5 Å². The molecule has 2 aromatic rings. The predicted molar refractivity (Wildman–Crippen MR) is 92.9 cm³/mol. The summed E-state index contributed by atoms with van der Waals surface area (Å²) in [6.45, 7) is 0.448. The van der Waals surface area contributed by atoms with Gasteiger partial charge in [0.1, 0.15) is 5.75 Å². The molecule has 0 spiro atoms. The summed E-state index contributed by atoms with van der Waals surface area (Å²) >= 11 is 0. The maximum absolute atomic E-state index is 12.1. The number of carbonyl (C=O) groups is 1. The van der Waals surface area contributed by atoms with Gasteiger partial charge in [-0.2, -0.15) is 0 Å². The molecule has 2 aromatic carbocycles. The molecule has 0 heterocycles. The highest BCUT2D eigenvalue weighted by molar-refractivity contribution is 5.71. The van der Waals surface area contributed by atoms with Crippen LogP contribution in [0.15, 0.2) is 60.4 Å². The molecule has 0 saturated carbocycles. The van der Waals surface area contributed by atoms with Gasteiger partial charge in [-0.05, 0) is 35.6 Å². The lowest BCUT2D eigenvalue weighted by Crippen LogP contribution is -2.27. The standard InChI is InChI=1S/C20H21NO3/c1-23-14-16-10-11-17-8-5-9-19(18(17)12-16)24-20(22)21-13-15-6-3-2-4-7-15/h2-9,14H,10-13H2,1H3,(H,21,22). The van der Waals surface area contributed by atoms with Gasteiger partial charge in [-0.15, -0.1) is 0 Å². The lowest BCUT2D eigenvalue weighted by molar-refractivity contribution is 0.199. The Balaban J connectivity index is 1.67. The number of nitrogens with one attached hydrogen (secondary N) is 1. The van der Waals surface area contributed by atoms with E-state index >= 15 is 0 Å². The number of aryl methyl sites for hydroxylation is 1. The van der Waals surface area contributed by atoms with Gasteiger partial charge in [0.15, 0.2) is 0 Å². The SMILES string of the molecule is COC=C1CCc2cccc(OC(=O)NCc3ccccc3)c2C1. The molecule has 1 aliphatic carbocycles. The molecule has 4 heteroatoms. The Hall–Kier alpha value is -2.75. The van der Waals surface area contributed by atoms with Gasteiger partial charge in [0.25, 0.3) is 0 Å². The van der Waals surface area contributed by atoms with E-state index in [-0.39, 0.29) is 0 Å². The van der Waals surface area contributed by atoms with Crippen LogP contribution in [0.1, 0.15) is 23.1 Å². The summed E-state index contributed by atoms with van der Waals surface area (Å²) in [6, 6.07) is 15.6. The van der Waals surface area contributed by atoms with Crippen molar-refractivity contribution in [3.8, 4) is 5.75 Å². The molecule has 1 N–H and O–H groups in total. The summed E-state index contributed by atoms with van der Waals surface area (Å²) in [4.78, 5) is 12.1. The van der Waals surface area contributed by atoms with Gasteiger partial charge in [0.05, 0.1) is 13.4 Å². The van der Waals surface area contributed by atoms with Gasteiger partial charge in [-0.1, -0.05) is 42.5 Å². The fraction of sp³-hybridized carbons (Fsp3) is 0.250. The minimum Gasteiger partial charge on any atom is -0.504 e. The van der Waals surface area contributed by atoms with Crippen LogP contribution in [0.25, 0.3) is 0 Å². The number of ether oxygens (including phenoxy) is 2. The summed E-state index contributed by atoms with van der Waals surface area (Å²) in [5.74, 6) is 0.625. The lowest BCUT2D eigenvalue weighted by Gasteiger charge is -2.21. The van der Waals surface area contributed by atoms with Crippen molar-refractivity contribution in [3.05, 3.63) is 77.1 Å². The third-order valence-corrected chi connectivity index (χ3v) is 4.12. The lowest BCUT2D eigenvalue weighted by atomic mass is 9.88. The fourth-order valence-electron chi connectivity index (χ4n) is 2.93. The van der Waals surface area contributed by atoms with E-state index in [9.17, 15) is 4.79 Å². The van der Waals surface area contributed by atoms with Crippen LogP contribution >= 0.6 is 0 Å². The van der Waals surface area contributed by atoms with Crippen molar-refractivity contribution in [1.29, 1.82) is 0 Å². The molecule has 1 amide bonds. The first kappa shape index (κ1) is 16.1. The van der Waals surface area contributed by atoms with Crippen LogP contribution in [0.4, 0.5) is 4.79 Å². The van der Waals surface area contributed by atoms with E-state index in [1.165, 1.54) is 11.1 Å². The molecule has 0 atom stereocenters. The van der Waals surface area contributed by atoms with Crippen LogP contribution in [-0.2, 0) is 24.1 Å². The molecule has 0 aliphatic heterocycles. The Morgan fingerprint density at radius 1 is 1.12 bits per heavy atom. The predicted octanol–water partition coefficient (Wildman–Crippen LogP) is 3.99. The molecule has 24 heavy (non-hydrogen) atoms. The Labute approximate surface area is 142 Å². The number of amides is 1. The average Bonchev–Trinajstić information content (AvgIpc) is 2.62. The van der Waals surface area contributed by atoms with E-state index in [0.29, 0.717) is 12.3 Å². The molecular formula is C20H21NO3. The van der Waals surface area contributed by atoms with Crippen molar-refractivity contribution in [2.75, 3.05) is 7.11 Å². The van der Waals surface area contributed by atoms with E-state index in [2.05, 4.69) is 11.4 Å². The van der Waals surface area contributed by atoms with E-state index in [0.717, 1.165) is 30.4 Å². The van der Waals surface area contributed by atoms with E-state index in [4.69, 9.17) is 9.47 Å². The fourth-order valence-corrected chi connectivity index (χ4v) is 2.93. The summed E-state index contributed by atoms with van der Waals surface area (Å²) in [7, 11) is 1.65. The number of allylic oxidation sites excluding steroid dienone is 1. The third-order valence-electron chi connectivity index (χ3n) is 4.12. The highest BCUT2D eigenvalue weighted by Crippen LogP contribution is 2.32. The topological polar surface area (TPSA) is 47.6 Å². The largest absolute Gasteiger partial charge is 0.504 e. The number of hydrogen-bond donors (Lipinski definition) is 1. The van der Waals surface area contributed by atoms with Crippen LogP contribution in [0.5, 0.6) is 5.75 Å². The van der Waals surface area contributed by atoms with Gasteiger partial charge in [0.2, 0.25) is 0 Å². The molecule has 4 nitrogen and oxygen atoms in total. The van der Waals surface area contributed by atoms with E-state index in [1.807, 2.05) is 42.5 Å². The first-order valence-electron chi connectivity index (χ1n) is 8.07. The molecule has 0 aromatic heterocycles. The van der Waals surface area contributed by atoms with Crippen molar-refractivity contribution in [3.63, 3.8) is 0 Å². The zero-order valence-electron chi connectivity index (χ0n) is 13.7. The molecular weight excluding hydrogens is 302 g/mol. The highest BCUT2D eigenvalue weighted by atomic mass is 16.6. The minimum absolute atomic E-state index is 0.435. The Bertz CT molecular complexity index is 738. The maximum Gasteiger partial charge on any atom is 0.412 e. The van der Waals surface area contributed by atoms with E-state index < -0.39 is 6.09 Å². The maximum atomic E-state index is 12.1. The second kappa shape index (κ2) is 7.68. The second-order valence-corrected chi connectivity index (χ2v) is 5.81. The summed E-state index contributed by atoms with van der Waals surface area (Å²) in [5.41, 5.74) is 4.55. The summed E-state index contributed by atoms with van der Waals surface area (Å²) in [5, 5.41) is 2.79. The summed E-state index contributed by atoms with van der Waals surface area (Å²) in [6.07, 6.45) is 4.02. The first-order valence-corrected chi connectivity index (χ1v) is 8.07. The molecule has 0 fully saturated rings. The first-order chi connectivity index (χ1) is 11.8. The molecule has 0 radical (unpaired) electrons. The number of hydrogen-bond acceptors (Lipinski definition) is 3. The van der Waals surface area contributed by atoms with Crippen molar-refractivity contribution in [2.45, 2.75) is 25.8 Å². The Morgan fingerprint density at radius 3 is 2.75 bits per heavy atom. The quantitative estimate of drug-likeness (QED) is 0.865. The minimum atomic E-state index is -0.435. The van der Waals surface area contributed by atoms with Gasteiger partial charge < -0.3 is 14.8 Å². The molecule has 0 unspecified atom stereocenters. The van der Waals surface area contributed by atoms with Crippen molar-refractivity contribution in [2.24, 2.45) is 0 Å². The normalized spacial score (nSPS) is 14.8. The van der Waals surface area contributed by atoms with Crippen molar-refractivity contribution < 1.29 is 14.3 Å². The third kappa shape index (κ3) is 3.96. The van der Waals surface area contributed by atoms with Gasteiger partial charge >= 0.3 is 6.09 Å². The van der Waals surface area contributed by atoms with Crippen LogP contribution in [0, 0.1) is 0 Å². The van der Waals surface area contributed by atoms with Crippen LogP contribution < -0.4 is 10.1 Å². The van der Waals surface area contributed by atoms with E-state index in [1.54, 1.807) is 13.4 Å². The van der Waals surface area contributed by atoms with Crippen LogP contribution in [0.3, 0.4) is 0 Å². The highest BCUT2D eigenvalue weighted by Gasteiger charge is 2.19. The molecule has 1 aliphatic rings. The van der Waals surface area contributed by atoms with Gasteiger partial charge in [-0.25, -0.2) is 4.79 Å². The number of fused-ring (bicyclic) bond motifs is 1. The summed E-state index contributed by atoms with van der Waals surface area (Å²) < 4.78 is 10.7. The van der Waals surface area contributed by atoms with Gasteiger partial charge in [-0.3, -0.25) is 0 Å². The van der Waals surface area contributed by atoms with Crippen LogP contribution in [0.2, 0.25) is 0 Å². The number of carbonyl (C=O) groups excluding carboxylic acids is 1. The molecule has 124 valence electrons. The van der Waals surface area contributed by atoms with Crippen molar-refractivity contribution in [1.82, 2.24) is 5.32 Å². The molecule has 3 rings (SSSR count).